The summed E-state index contributed by atoms with van der Waals surface area (Å²) in [5, 5.41) is 0. The van der Waals surface area contributed by atoms with Gasteiger partial charge in [-0.25, -0.2) is 0 Å². The van der Waals surface area contributed by atoms with E-state index in [0.717, 1.165) is 4.90 Å². The molecular formula is C9H13NO4. The third kappa shape index (κ3) is 2.55. The van der Waals surface area contributed by atoms with Gasteiger partial charge in [-0.2, -0.15) is 0 Å². The van der Waals surface area contributed by atoms with Crippen LogP contribution in [0.5, 0.6) is 0 Å². The second kappa shape index (κ2) is 4.74. The number of carbonyl (C=O) groups excluding carboxylic acids is 3. The molecule has 0 aromatic heterocycles. The van der Waals surface area contributed by atoms with Crippen LogP contribution in [0.3, 0.4) is 0 Å². The van der Waals surface area contributed by atoms with Crippen molar-refractivity contribution in [3.63, 3.8) is 0 Å². The average Bonchev–Trinajstić information content (AvgIpc) is 2.48. The zero-order valence-electron chi connectivity index (χ0n) is 8.12. The summed E-state index contributed by atoms with van der Waals surface area (Å²) >= 11 is 0. The van der Waals surface area contributed by atoms with Gasteiger partial charge in [0.2, 0.25) is 11.8 Å². The average molecular weight is 199 g/mol. The summed E-state index contributed by atoms with van der Waals surface area (Å²) in [5.74, 6) is -0.672. The largest absolute Gasteiger partial charge is 0.464 e. The monoisotopic (exact) mass is 199 g/mol. The minimum atomic E-state index is -0.316. The van der Waals surface area contributed by atoms with Gasteiger partial charge in [0.15, 0.2) is 0 Å². The molecule has 78 valence electrons. The zero-order chi connectivity index (χ0) is 10.6. The Labute approximate surface area is 82.0 Å². The first kappa shape index (κ1) is 10.7. The number of imide groups is 1. The van der Waals surface area contributed by atoms with Gasteiger partial charge < -0.3 is 4.74 Å². The Morgan fingerprint density at radius 1 is 1.36 bits per heavy atom. The molecule has 0 atom stereocenters. The van der Waals surface area contributed by atoms with E-state index in [2.05, 4.69) is 0 Å². The van der Waals surface area contributed by atoms with E-state index >= 15 is 0 Å². The molecule has 1 aliphatic heterocycles. The molecule has 5 nitrogen and oxygen atoms in total. The molecule has 0 saturated carbocycles. The fraction of sp³-hybridized carbons (Fsp3) is 0.667. The SMILES string of the molecule is CCC(=O)OCCN1C(=O)CCC1=O. The van der Waals surface area contributed by atoms with Crippen LogP contribution in [0.2, 0.25) is 0 Å². The summed E-state index contributed by atoms with van der Waals surface area (Å²) in [6.45, 7) is 1.97. The number of nitrogens with zero attached hydrogens (tertiary/aromatic N) is 1. The molecule has 1 fully saturated rings. The van der Waals surface area contributed by atoms with Crippen LogP contribution in [0.15, 0.2) is 0 Å². The van der Waals surface area contributed by atoms with Gasteiger partial charge in [0.05, 0.1) is 6.54 Å². The molecule has 1 aliphatic rings. The Hall–Kier alpha value is -1.39. The molecular weight excluding hydrogens is 186 g/mol. The van der Waals surface area contributed by atoms with Gasteiger partial charge in [-0.3, -0.25) is 19.3 Å². The van der Waals surface area contributed by atoms with Crippen molar-refractivity contribution < 1.29 is 19.1 Å². The minimum Gasteiger partial charge on any atom is -0.464 e. The first-order valence-corrected chi connectivity index (χ1v) is 4.64. The van der Waals surface area contributed by atoms with E-state index in [1.54, 1.807) is 6.92 Å². The quantitative estimate of drug-likeness (QED) is 0.475. The number of ether oxygens (including phenoxy) is 1. The molecule has 0 radical (unpaired) electrons. The van der Waals surface area contributed by atoms with Gasteiger partial charge in [-0.15, -0.1) is 0 Å². The molecule has 5 heteroatoms. The number of hydrogen-bond donors (Lipinski definition) is 0. The standard InChI is InChI=1S/C9H13NO4/c1-2-9(13)14-6-5-10-7(11)3-4-8(10)12/h2-6H2,1H3. The number of carbonyl (C=O) groups is 3. The Morgan fingerprint density at radius 2 is 1.93 bits per heavy atom. The molecule has 0 aromatic carbocycles. The number of amides is 2. The lowest BCUT2D eigenvalue weighted by Crippen LogP contribution is -2.32. The number of esters is 1. The maximum atomic E-state index is 11.1. The van der Waals surface area contributed by atoms with Crippen LogP contribution >= 0.6 is 0 Å². The Morgan fingerprint density at radius 3 is 2.43 bits per heavy atom. The Bertz CT molecular complexity index is 246. The second-order valence-electron chi connectivity index (χ2n) is 3.01. The lowest BCUT2D eigenvalue weighted by atomic mass is 10.4. The highest BCUT2D eigenvalue weighted by molar-refractivity contribution is 6.01. The van der Waals surface area contributed by atoms with Gasteiger partial charge in [-0.05, 0) is 0 Å². The lowest BCUT2D eigenvalue weighted by molar-refractivity contribution is -0.147. The molecule has 0 unspecified atom stereocenters. The topological polar surface area (TPSA) is 63.7 Å². The van der Waals surface area contributed by atoms with Gasteiger partial charge in [0.1, 0.15) is 6.61 Å². The van der Waals surface area contributed by atoms with Gasteiger partial charge >= 0.3 is 5.97 Å². The number of likely N-dealkylation sites (tertiary alicyclic amines) is 1. The Kier molecular flexibility index (Phi) is 3.62. The minimum absolute atomic E-state index is 0.101. The predicted molar refractivity (Wildman–Crippen MR) is 47.2 cm³/mol. The van der Waals surface area contributed by atoms with E-state index in [9.17, 15) is 14.4 Å². The molecule has 1 saturated heterocycles. The fourth-order valence-corrected chi connectivity index (χ4v) is 1.23. The van der Waals surface area contributed by atoms with Crippen molar-refractivity contribution in [2.45, 2.75) is 26.2 Å². The fourth-order valence-electron chi connectivity index (χ4n) is 1.23. The highest BCUT2D eigenvalue weighted by atomic mass is 16.5. The van der Waals surface area contributed by atoms with E-state index in [4.69, 9.17) is 4.74 Å². The molecule has 1 rings (SSSR count). The molecule has 0 aliphatic carbocycles. The van der Waals surface area contributed by atoms with E-state index < -0.39 is 0 Å². The van der Waals surface area contributed by atoms with E-state index in [-0.39, 0.29) is 43.8 Å². The van der Waals surface area contributed by atoms with Crippen LogP contribution in [0.1, 0.15) is 26.2 Å². The van der Waals surface area contributed by atoms with Crippen LogP contribution in [-0.4, -0.2) is 35.8 Å². The van der Waals surface area contributed by atoms with Crippen LogP contribution in [0.25, 0.3) is 0 Å². The molecule has 14 heavy (non-hydrogen) atoms. The van der Waals surface area contributed by atoms with Crippen LogP contribution in [0, 0.1) is 0 Å². The summed E-state index contributed by atoms with van der Waals surface area (Å²) in [4.78, 5) is 34.1. The summed E-state index contributed by atoms with van der Waals surface area (Å²) in [6, 6.07) is 0. The third-order valence-electron chi connectivity index (χ3n) is 2.02. The Balaban J connectivity index is 2.27. The third-order valence-corrected chi connectivity index (χ3v) is 2.02. The number of hydrogen-bond acceptors (Lipinski definition) is 4. The normalized spacial score (nSPS) is 16.2. The first-order chi connectivity index (χ1) is 6.65. The lowest BCUT2D eigenvalue weighted by Gasteiger charge is -2.12. The zero-order valence-corrected chi connectivity index (χ0v) is 8.12. The predicted octanol–water partition coefficient (Wildman–Crippen LogP) is 0.0886. The van der Waals surface area contributed by atoms with Gasteiger partial charge in [0.25, 0.3) is 0 Å². The van der Waals surface area contributed by atoms with Gasteiger partial charge in [-0.1, -0.05) is 6.92 Å². The summed E-state index contributed by atoms with van der Waals surface area (Å²) in [7, 11) is 0. The highest BCUT2D eigenvalue weighted by Crippen LogP contribution is 2.10. The van der Waals surface area contributed by atoms with Crippen molar-refractivity contribution in [3.8, 4) is 0 Å². The summed E-state index contributed by atoms with van der Waals surface area (Å²) in [6.07, 6.45) is 0.864. The van der Waals surface area contributed by atoms with E-state index in [1.165, 1.54) is 0 Å². The molecule has 0 N–H and O–H groups in total. The van der Waals surface area contributed by atoms with Crippen molar-refractivity contribution >= 4 is 17.8 Å². The van der Waals surface area contributed by atoms with Crippen LogP contribution in [0.4, 0.5) is 0 Å². The maximum absolute atomic E-state index is 11.1. The van der Waals surface area contributed by atoms with Crippen molar-refractivity contribution in [1.29, 1.82) is 0 Å². The molecule has 0 aromatic rings. The maximum Gasteiger partial charge on any atom is 0.305 e. The first-order valence-electron chi connectivity index (χ1n) is 4.64. The van der Waals surface area contributed by atoms with Crippen LogP contribution in [-0.2, 0) is 19.1 Å². The molecule has 0 bridgehead atoms. The van der Waals surface area contributed by atoms with Crippen molar-refractivity contribution in [2.24, 2.45) is 0 Å². The smallest absolute Gasteiger partial charge is 0.305 e. The highest BCUT2D eigenvalue weighted by Gasteiger charge is 2.28. The van der Waals surface area contributed by atoms with Crippen molar-refractivity contribution in [3.05, 3.63) is 0 Å². The van der Waals surface area contributed by atoms with Crippen LogP contribution < -0.4 is 0 Å². The molecule has 1 heterocycles. The van der Waals surface area contributed by atoms with Crippen molar-refractivity contribution in [2.75, 3.05) is 13.2 Å². The van der Waals surface area contributed by atoms with E-state index in [1.807, 2.05) is 0 Å². The van der Waals surface area contributed by atoms with Crippen molar-refractivity contribution in [1.82, 2.24) is 4.90 Å². The summed E-state index contributed by atoms with van der Waals surface area (Å²) in [5.41, 5.74) is 0. The molecule has 0 spiro atoms. The van der Waals surface area contributed by atoms with E-state index in [0.29, 0.717) is 6.42 Å². The number of rotatable bonds is 4. The molecule has 2 amide bonds. The van der Waals surface area contributed by atoms with Gasteiger partial charge in [0, 0.05) is 19.3 Å². The second-order valence-corrected chi connectivity index (χ2v) is 3.01. The summed E-state index contributed by atoms with van der Waals surface area (Å²) < 4.78 is 4.76.